The minimum atomic E-state index is -4.10. The number of aromatic hydroxyl groups is 1. The lowest BCUT2D eigenvalue weighted by atomic mass is 9.98. The highest BCUT2D eigenvalue weighted by Crippen LogP contribution is 2.42. The van der Waals surface area contributed by atoms with Crippen molar-refractivity contribution in [1.82, 2.24) is 21.9 Å². The third-order valence-corrected chi connectivity index (χ3v) is 36.3. The number of ether oxygens (including phenoxy) is 8. The van der Waals surface area contributed by atoms with Crippen molar-refractivity contribution < 1.29 is 134 Å². The van der Waals surface area contributed by atoms with Gasteiger partial charge < -0.3 is 43.0 Å². The molecule has 776 valence electrons. The van der Waals surface area contributed by atoms with Crippen LogP contribution in [0.5, 0.6) is 28.7 Å². The van der Waals surface area contributed by atoms with Crippen LogP contribution in [-0.4, -0.2) is 182 Å². The highest BCUT2D eigenvalue weighted by Gasteiger charge is 2.56. The predicted octanol–water partition coefficient (Wildman–Crippen LogP) is 17.7. The fourth-order valence-electron chi connectivity index (χ4n) is 17.9. The molecule has 0 unspecified atom stereocenters. The molecule has 0 radical (unpaired) electrons. The van der Waals surface area contributed by atoms with E-state index in [-0.39, 0.29) is 130 Å². The number of aryl methyl sites for hydroxylation is 4. The van der Waals surface area contributed by atoms with Crippen molar-refractivity contribution in [2.24, 2.45) is 0 Å². The van der Waals surface area contributed by atoms with Crippen LogP contribution in [0.15, 0.2) is 305 Å². The van der Waals surface area contributed by atoms with E-state index in [0.29, 0.717) is 97.4 Å². The van der Waals surface area contributed by atoms with E-state index in [2.05, 4.69) is 36.9 Å². The highest BCUT2D eigenvalue weighted by atomic mass is 32.2. The fourth-order valence-corrected chi connectivity index (χ4v) is 25.6. The monoisotopic (exact) mass is 2090 g/mol. The van der Waals surface area contributed by atoms with Crippen LogP contribution < -0.4 is 40.9 Å². The third-order valence-electron chi connectivity index (χ3n) is 26.2. The normalized spacial score (nSPS) is 15.2. The quantitative estimate of drug-likeness (QED) is 0.00755. The number of rotatable bonds is 37. The Morgan fingerprint density at radius 3 is 0.884 bits per heavy atom. The van der Waals surface area contributed by atoms with Crippen molar-refractivity contribution in [2.75, 3.05) is 79.3 Å². The molecule has 4 fully saturated rings. The molecule has 0 saturated carbocycles. The van der Waals surface area contributed by atoms with Crippen LogP contribution in [0.2, 0.25) is 0 Å². The Morgan fingerprint density at radius 2 is 0.592 bits per heavy atom. The van der Waals surface area contributed by atoms with E-state index in [1.54, 1.807) is 48.5 Å². The number of carbonyl (C=O) groups is 4. The van der Waals surface area contributed by atoms with Crippen molar-refractivity contribution in [1.29, 1.82) is 0 Å². The Labute approximate surface area is 850 Å². The first-order valence-electron chi connectivity index (χ1n) is 47.6. The van der Waals surface area contributed by atoms with Gasteiger partial charge >= 0.3 is 0 Å². The molecule has 4 aliphatic rings. The van der Waals surface area contributed by atoms with Gasteiger partial charge in [-0.3, -0.25) is 40.0 Å². The van der Waals surface area contributed by atoms with E-state index >= 15 is 0 Å². The number of phenolic OH excluding ortho intramolecular Hbond substituents is 1. The van der Waals surface area contributed by atoms with E-state index < -0.39 is 105 Å². The number of hydrogen-bond acceptors (Lipinski definition) is 25. The van der Waals surface area contributed by atoms with Gasteiger partial charge in [0.05, 0.1) is 46.0 Å². The minimum absolute atomic E-state index is 0.00304. The summed E-state index contributed by atoms with van der Waals surface area (Å²) in [6.45, 7) is 6.26. The number of para-hydroxylation sites is 1. The molecule has 4 saturated heterocycles. The number of benzene rings is 12. The molecule has 0 aromatic heterocycles. The van der Waals surface area contributed by atoms with Gasteiger partial charge in [0.15, 0.2) is 58.3 Å². The molecule has 37 heteroatoms. The third kappa shape index (κ3) is 26.7. The summed E-state index contributed by atoms with van der Waals surface area (Å²) in [6, 6.07) is 77.2. The molecule has 29 nitrogen and oxygen atoms in total. The Bertz CT molecular complexity index is 6990. The maximum Gasteiger partial charge on any atom is 0.265 e. The second-order valence-corrected chi connectivity index (χ2v) is 44.4. The molecular weight excluding hydrogens is 1980 g/mol. The molecule has 16 rings (SSSR count). The number of phenols is 1. The lowest BCUT2D eigenvalue weighted by Crippen LogP contribution is -2.54. The average molecular weight is 2100 g/mol. The summed E-state index contributed by atoms with van der Waals surface area (Å²) >= 11 is 0. The molecule has 12 aromatic carbocycles. The van der Waals surface area contributed by atoms with Crippen LogP contribution >= 0.6 is 0 Å². The molecular formula is C110H114F4N4O25S4. The first-order chi connectivity index (χ1) is 70.8. The molecule has 12 aromatic rings. The molecule has 147 heavy (non-hydrogen) atoms. The maximum absolute atomic E-state index is 14.1. The van der Waals surface area contributed by atoms with E-state index in [0.717, 1.165) is 82.3 Å². The van der Waals surface area contributed by atoms with Crippen molar-refractivity contribution >= 4 is 69.1 Å². The molecule has 9 N–H and O–H groups in total. The first-order valence-corrected chi connectivity index (χ1v) is 53.5. The van der Waals surface area contributed by atoms with Crippen LogP contribution in [-0.2, 0) is 103 Å². The zero-order valence-corrected chi connectivity index (χ0v) is 83.5. The van der Waals surface area contributed by atoms with Gasteiger partial charge in [-0.1, -0.05) is 152 Å². The maximum atomic E-state index is 14.1. The van der Waals surface area contributed by atoms with E-state index in [4.69, 9.17) is 53.5 Å². The summed E-state index contributed by atoms with van der Waals surface area (Å²) in [4.78, 5) is 49.3. The van der Waals surface area contributed by atoms with Crippen LogP contribution in [0.4, 0.5) is 17.6 Å². The van der Waals surface area contributed by atoms with Crippen LogP contribution in [0, 0.1) is 23.3 Å². The first kappa shape index (κ1) is 111. The van der Waals surface area contributed by atoms with Crippen molar-refractivity contribution in [3.63, 3.8) is 0 Å². The number of hydrogen-bond donors (Lipinski definition) is 9. The molecule has 0 atom stereocenters. The number of amides is 4. The number of halogens is 4. The Kier molecular flexibility index (Phi) is 38.5. The summed E-state index contributed by atoms with van der Waals surface area (Å²) in [5.74, 6) is -4.10. The lowest BCUT2D eigenvalue weighted by molar-refractivity contribution is -0.135. The summed E-state index contributed by atoms with van der Waals surface area (Å²) < 4.78 is 198. The Morgan fingerprint density at radius 1 is 0.306 bits per heavy atom. The number of carbonyl (C=O) groups excluding carboxylic acids is 4. The Balaban J connectivity index is 0.000000164. The second kappa shape index (κ2) is 51.2. The summed E-state index contributed by atoms with van der Waals surface area (Å²) in [6.07, 6.45) is 7.22. The topological polar surface area (TPSA) is 428 Å². The van der Waals surface area contributed by atoms with Crippen LogP contribution in [0.3, 0.4) is 0 Å². The summed E-state index contributed by atoms with van der Waals surface area (Å²) in [5.41, 5.74) is 17.6. The average Bonchev–Trinajstić information content (AvgIpc) is 0.757. The lowest BCUT2D eigenvalue weighted by Gasteiger charge is -2.34. The molecule has 4 amide bonds. The van der Waals surface area contributed by atoms with Crippen molar-refractivity contribution in [3.05, 3.63) is 337 Å². The van der Waals surface area contributed by atoms with Gasteiger partial charge in [0.1, 0.15) is 52.0 Å². The number of nitrogens with one attached hydrogen (secondary N) is 4. The molecule has 4 aliphatic heterocycles. The number of hydroxylamine groups is 4. The number of sulfone groups is 4. The van der Waals surface area contributed by atoms with Gasteiger partial charge in [-0.25, -0.2) is 73.2 Å². The smallest absolute Gasteiger partial charge is 0.265 e. The second-order valence-electron chi connectivity index (χ2n) is 35.3. The van der Waals surface area contributed by atoms with Gasteiger partial charge in [0.2, 0.25) is 0 Å². The molecule has 0 bridgehead atoms. The standard InChI is InChI=1S/C29H31NO6S.2C27H27F2NO6S.C27H29NO7S/c1-2-22-8-10-24(11-9-22)25-7-3-5-23(21-25)6-4-18-36-26-12-14-27(15-13-26)37(33,34)29(28(31)30-32)16-19-35-20-17-29;28-21-6-11-24(25(29)18-21)20-5-1-3-19(17-20)4-2-14-36-22-7-9-23(10-8-22)37(33,34)27(26(31)30-32)12-15-35-16-13-27;28-22-16-21(17-23(29)18-22)20-5-1-3-19(15-20)4-2-12-36-24-6-8-25(9-7-24)37(33,34)27(26(31)30-32)10-13-35-14-11-27;29-25-9-2-1-8-24(25)21-7-3-5-20(19-21)6-4-16-35-22-10-12-23(13-11-22)36(32,33)27(26(30)28-31)14-17-34-18-15-27/h2-3,5,7-15,21,32H,1,4,6,16-20H2,(H,30,31);1,3,5-11,17-18,32H,2,4,12-16H2,(H,30,31);1,3,5-9,15-18,32H,2,4,10-14H2,(H,30,31);1-3,5,7-13,19,29,31H,4,6,14-18H2,(H,28,30). The van der Waals surface area contributed by atoms with Crippen molar-refractivity contribution in [2.45, 2.75) is 141 Å². The minimum Gasteiger partial charge on any atom is -0.507 e. The van der Waals surface area contributed by atoms with Gasteiger partial charge in [0, 0.05) is 76.1 Å². The largest absolute Gasteiger partial charge is 0.507 e. The summed E-state index contributed by atoms with van der Waals surface area (Å²) in [7, 11) is -16.3. The van der Waals surface area contributed by atoms with Gasteiger partial charge in [-0.2, -0.15) is 0 Å². The van der Waals surface area contributed by atoms with E-state index in [1.807, 2.05) is 97.1 Å². The fraction of sp³-hybridized carbons (Fsp3) is 0.291. The van der Waals surface area contributed by atoms with Crippen molar-refractivity contribution in [3.8, 4) is 73.3 Å². The van der Waals surface area contributed by atoms with Gasteiger partial charge in [-0.15, -0.1) is 0 Å². The SMILES string of the molecule is C=Cc1ccc(-c2cccc(CCCOc3ccc(S(=O)(=O)C4(C(=O)NO)CCOCC4)cc3)c2)cc1.O=C(NO)C1(S(=O)(=O)c2ccc(OCCCc3cccc(-c4cc(F)cc(F)c4)c3)cc2)CCOCC1.O=C(NO)C1(S(=O)(=O)c2ccc(OCCCc3cccc(-c4ccc(F)cc4F)c3)cc2)CCOCC1.O=C(NO)C1(S(=O)(=O)c2ccc(OCCCc3cccc(-c4ccccc4O)c3)cc2)CCOCC1. The zero-order valence-electron chi connectivity index (χ0n) is 80.2. The molecule has 4 heterocycles. The zero-order chi connectivity index (χ0) is 105. The van der Waals surface area contributed by atoms with Gasteiger partial charge in [0.25, 0.3) is 23.6 Å². The molecule has 0 spiro atoms. The highest BCUT2D eigenvalue weighted by molar-refractivity contribution is 7.94. The van der Waals surface area contributed by atoms with Crippen LogP contribution in [0.1, 0.15) is 105 Å². The van der Waals surface area contributed by atoms with Crippen LogP contribution in [0.25, 0.3) is 50.6 Å². The van der Waals surface area contributed by atoms with E-state index in [1.165, 1.54) is 125 Å². The van der Waals surface area contributed by atoms with Gasteiger partial charge in [-0.05, 0) is 291 Å². The van der Waals surface area contributed by atoms with E-state index in [9.17, 15) is 80.7 Å². The Hall–Kier alpha value is -13.5. The molecule has 0 aliphatic carbocycles. The predicted molar refractivity (Wildman–Crippen MR) is 540 cm³/mol. The summed E-state index contributed by atoms with van der Waals surface area (Å²) in [5, 5.41) is 46.7.